The fraction of sp³-hybridized carbons (Fsp3) is 0.292. The molecule has 1 unspecified atom stereocenters. The lowest BCUT2D eigenvalue weighted by molar-refractivity contribution is -0.00177. The Balaban J connectivity index is 1.70. The zero-order valence-corrected chi connectivity index (χ0v) is 20.8. The molecule has 4 N–H and O–H groups in total. The molecule has 4 heterocycles. The first-order chi connectivity index (χ1) is 18.1. The Morgan fingerprint density at radius 1 is 1.16 bits per heavy atom. The Hall–Kier alpha value is -4.90. The monoisotopic (exact) mass is 520 g/mol. The molecular formula is C24H25FN10O3. The number of halogens is 1. The van der Waals surface area contributed by atoms with Gasteiger partial charge in [0.05, 0.1) is 53.2 Å². The summed E-state index contributed by atoms with van der Waals surface area (Å²) < 4.78 is 16.8. The van der Waals surface area contributed by atoms with E-state index in [2.05, 4.69) is 36.1 Å². The number of aliphatic hydroxyl groups is 1. The molecule has 0 bridgehead atoms. The molecule has 13 nitrogen and oxygen atoms in total. The predicted octanol–water partition coefficient (Wildman–Crippen LogP) is 2.04. The summed E-state index contributed by atoms with van der Waals surface area (Å²) in [7, 11) is 0. The van der Waals surface area contributed by atoms with Crippen molar-refractivity contribution in [1.82, 2.24) is 40.2 Å². The Morgan fingerprint density at radius 2 is 1.95 bits per heavy atom. The van der Waals surface area contributed by atoms with Crippen molar-refractivity contribution in [3.05, 3.63) is 54.2 Å². The second kappa shape index (κ2) is 10.6. The summed E-state index contributed by atoms with van der Waals surface area (Å²) in [5.41, 5.74) is -0.0965. The van der Waals surface area contributed by atoms with E-state index in [1.165, 1.54) is 55.6 Å². The van der Waals surface area contributed by atoms with Crippen LogP contribution in [-0.4, -0.2) is 71.4 Å². The van der Waals surface area contributed by atoms with Gasteiger partial charge in [0.25, 0.3) is 5.91 Å². The first-order valence-corrected chi connectivity index (χ1v) is 11.6. The van der Waals surface area contributed by atoms with Crippen molar-refractivity contribution in [2.75, 3.05) is 18.4 Å². The third-order valence-electron chi connectivity index (χ3n) is 5.49. The third-order valence-corrected chi connectivity index (χ3v) is 5.49. The molecule has 4 rings (SSSR count). The summed E-state index contributed by atoms with van der Waals surface area (Å²) >= 11 is 0. The van der Waals surface area contributed by atoms with Gasteiger partial charge in [-0.1, -0.05) is 0 Å². The molecule has 0 saturated heterocycles. The van der Waals surface area contributed by atoms with Gasteiger partial charge in [-0.3, -0.25) is 4.79 Å². The van der Waals surface area contributed by atoms with Crippen molar-refractivity contribution in [1.29, 1.82) is 5.26 Å². The zero-order chi connectivity index (χ0) is 27.4. The van der Waals surface area contributed by atoms with Gasteiger partial charge >= 0.3 is 6.03 Å². The number of amides is 2. The minimum Gasteiger partial charge on any atom is -0.387 e. The standard InChI is InChI=1S/C24H25FN10O3/c1-4-27-23(37)34-13-16(10-31-34)33-18-6-20(35-21-15(9-32-35)5-14(7-26)8-29-21)28-11-17(18)22(36)30-12-19(25)24(2,3)38/h5-6,8-11,13,19,38H,4,12H2,1-3H3,(H,27,37)(H,28,33)(H,30,36). The summed E-state index contributed by atoms with van der Waals surface area (Å²) in [5, 5.41) is 36.0. The molecule has 0 aliphatic carbocycles. The van der Waals surface area contributed by atoms with E-state index in [1.807, 2.05) is 6.07 Å². The highest BCUT2D eigenvalue weighted by Crippen LogP contribution is 2.25. The Kier molecular flexibility index (Phi) is 7.31. The Bertz CT molecular complexity index is 1530. The molecule has 1 atom stereocenters. The summed E-state index contributed by atoms with van der Waals surface area (Å²) in [6.45, 7) is 4.39. The molecule has 14 heteroatoms. The van der Waals surface area contributed by atoms with Gasteiger partial charge in [-0.2, -0.15) is 24.8 Å². The first kappa shape index (κ1) is 26.2. The van der Waals surface area contributed by atoms with Gasteiger partial charge in [-0.15, -0.1) is 0 Å². The van der Waals surface area contributed by atoms with Gasteiger partial charge in [0.15, 0.2) is 11.5 Å². The fourth-order valence-electron chi connectivity index (χ4n) is 3.41. The van der Waals surface area contributed by atoms with Crippen molar-refractivity contribution in [3.63, 3.8) is 0 Å². The molecular weight excluding hydrogens is 495 g/mol. The lowest BCUT2D eigenvalue weighted by Gasteiger charge is -2.22. The van der Waals surface area contributed by atoms with E-state index in [9.17, 15) is 19.1 Å². The normalized spacial score (nSPS) is 12.1. The maximum absolute atomic E-state index is 14.2. The van der Waals surface area contributed by atoms with E-state index in [1.54, 1.807) is 13.0 Å². The molecule has 196 valence electrons. The molecule has 2 amide bonds. The van der Waals surface area contributed by atoms with Crippen LogP contribution >= 0.6 is 0 Å². The van der Waals surface area contributed by atoms with Gasteiger partial charge in [0.2, 0.25) is 0 Å². The van der Waals surface area contributed by atoms with Crippen LogP contribution in [0.4, 0.5) is 20.6 Å². The van der Waals surface area contributed by atoms with Crippen LogP contribution in [-0.2, 0) is 0 Å². The third kappa shape index (κ3) is 5.57. The Labute approximate surface area is 216 Å². The molecule has 38 heavy (non-hydrogen) atoms. The van der Waals surface area contributed by atoms with E-state index >= 15 is 0 Å². The van der Waals surface area contributed by atoms with Gasteiger partial charge in [0.1, 0.15) is 12.2 Å². The van der Waals surface area contributed by atoms with Crippen LogP contribution in [0.3, 0.4) is 0 Å². The molecule has 0 spiro atoms. The van der Waals surface area contributed by atoms with Gasteiger partial charge in [0, 0.05) is 30.4 Å². The van der Waals surface area contributed by atoms with E-state index in [0.717, 1.165) is 4.68 Å². The quantitative estimate of drug-likeness (QED) is 0.271. The number of anilines is 2. The highest BCUT2D eigenvalue weighted by Gasteiger charge is 2.27. The predicted molar refractivity (Wildman–Crippen MR) is 135 cm³/mol. The number of hydrogen-bond donors (Lipinski definition) is 4. The van der Waals surface area contributed by atoms with Gasteiger partial charge in [-0.05, 0) is 26.8 Å². The second-order valence-electron chi connectivity index (χ2n) is 8.86. The summed E-state index contributed by atoms with van der Waals surface area (Å²) in [4.78, 5) is 33.7. The molecule has 0 fully saturated rings. The van der Waals surface area contributed by atoms with Crippen LogP contribution in [0.2, 0.25) is 0 Å². The minimum atomic E-state index is -1.70. The van der Waals surface area contributed by atoms with Crippen LogP contribution in [0.15, 0.2) is 43.1 Å². The number of nitrogens with one attached hydrogen (secondary N) is 3. The van der Waals surface area contributed by atoms with Crippen LogP contribution < -0.4 is 16.0 Å². The number of carbonyl (C=O) groups excluding carboxylic acids is 2. The van der Waals surface area contributed by atoms with E-state index in [0.29, 0.717) is 34.6 Å². The molecule has 0 aliphatic rings. The van der Waals surface area contributed by atoms with E-state index in [-0.39, 0.29) is 11.3 Å². The topological polar surface area (TPSA) is 176 Å². The van der Waals surface area contributed by atoms with E-state index < -0.39 is 30.3 Å². The zero-order valence-electron chi connectivity index (χ0n) is 20.8. The first-order valence-electron chi connectivity index (χ1n) is 11.6. The second-order valence-corrected chi connectivity index (χ2v) is 8.86. The van der Waals surface area contributed by atoms with Crippen LogP contribution in [0, 0.1) is 11.3 Å². The summed E-state index contributed by atoms with van der Waals surface area (Å²) in [6.07, 6.45) is 5.37. The minimum absolute atomic E-state index is 0.0682. The number of pyridine rings is 2. The SMILES string of the molecule is CCNC(=O)n1cc(Nc2cc(-n3ncc4cc(C#N)cnc43)ncc2C(=O)NCC(F)C(C)(C)O)cn1. The molecule has 0 saturated carbocycles. The number of alkyl halides is 1. The number of carbonyl (C=O) groups is 2. The number of rotatable bonds is 8. The number of hydrogen-bond acceptors (Lipinski definition) is 9. The van der Waals surface area contributed by atoms with Crippen molar-refractivity contribution in [2.24, 2.45) is 0 Å². The molecule has 0 aliphatic heterocycles. The number of aromatic nitrogens is 6. The number of nitriles is 1. The average Bonchev–Trinajstić information content (AvgIpc) is 3.53. The van der Waals surface area contributed by atoms with Crippen molar-refractivity contribution in [3.8, 4) is 11.9 Å². The molecule has 0 radical (unpaired) electrons. The lowest BCUT2D eigenvalue weighted by atomic mass is 10.0. The maximum atomic E-state index is 14.2. The van der Waals surface area contributed by atoms with Gasteiger partial charge < -0.3 is 21.1 Å². The van der Waals surface area contributed by atoms with Crippen LogP contribution in [0.1, 0.15) is 36.7 Å². The van der Waals surface area contributed by atoms with Crippen LogP contribution in [0.5, 0.6) is 0 Å². The summed E-state index contributed by atoms with van der Waals surface area (Å²) in [5.74, 6) is -0.344. The van der Waals surface area contributed by atoms with E-state index in [4.69, 9.17) is 5.26 Å². The van der Waals surface area contributed by atoms with Crippen LogP contribution in [0.25, 0.3) is 16.9 Å². The average molecular weight is 521 g/mol. The highest BCUT2D eigenvalue weighted by atomic mass is 19.1. The molecule has 4 aromatic heterocycles. The van der Waals surface area contributed by atoms with Crippen molar-refractivity contribution >= 4 is 34.3 Å². The maximum Gasteiger partial charge on any atom is 0.342 e. The lowest BCUT2D eigenvalue weighted by Crippen LogP contribution is -2.42. The summed E-state index contributed by atoms with van der Waals surface area (Å²) in [6, 6.07) is 4.77. The fourth-order valence-corrected chi connectivity index (χ4v) is 3.41. The van der Waals surface area contributed by atoms with Crippen molar-refractivity contribution in [2.45, 2.75) is 32.5 Å². The largest absolute Gasteiger partial charge is 0.387 e. The highest BCUT2D eigenvalue weighted by molar-refractivity contribution is 6.00. The van der Waals surface area contributed by atoms with Gasteiger partial charge in [-0.25, -0.2) is 19.2 Å². The number of fused-ring (bicyclic) bond motifs is 1. The Morgan fingerprint density at radius 3 is 2.66 bits per heavy atom. The molecule has 4 aromatic rings. The van der Waals surface area contributed by atoms with Crippen molar-refractivity contribution < 1.29 is 19.1 Å². The smallest absolute Gasteiger partial charge is 0.342 e. The molecule has 0 aromatic carbocycles. The number of nitrogens with zero attached hydrogens (tertiary/aromatic N) is 7.